The van der Waals surface area contributed by atoms with Gasteiger partial charge in [-0.05, 0) is 50.9 Å². The maximum atomic E-state index is 9.49. The van der Waals surface area contributed by atoms with Crippen LogP contribution in [0.3, 0.4) is 0 Å². The van der Waals surface area contributed by atoms with Crippen molar-refractivity contribution in [2.24, 2.45) is 0 Å². The molecule has 0 aromatic heterocycles. The molecule has 0 bridgehead atoms. The molecule has 0 aliphatic carbocycles. The van der Waals surface area contributed by atoms with Crippen molar-refractivity contribution >= 4 is 0 Å². The number of hydrogen-bond donors (Lipinski definition) is 0. The van der Waals surface area contributed by atoms with Crippen LogP contribution in [0.2, 0.25) is 0 Å². The fraction of sp³-hybridized carbons (Fsp3) is 0.562. The quantitative estimate of drug-likeness (QED) is 0.812. The molecule has 2 rings (SSSR count). The predicted octanol–water partition coefficient (Wildman–Crippen LogP) is 3.39. The number of nitriles is 1. The molecule has 2 atom stereocenters. The molecule has 1 aromatic rings. The van der Waals surface area contributed by atoms with Crippen LogP contribution < -0.4 is 0 Å². The molecule has 1 aromatic carbocycles. The number of rotatable bonds is 3. The van der Waals surface area contributed by atoms with E-state index in [0.717, 1.165) is 13.1 Å². The average Bonchev–Trinajstić information content (AvgIpc) is 2.87. The first-order chi connectivity index (χ1) is 8.63. The number of benzene rings is 1. The first-order valence-electron chi connectivity index (χ1n) is 6.84. The topological polar surface area (TPSA) is 27.0 Å². The van der Waals surface area contributed by atoms with Gasteiger partial charge in [-0.2, -0.15) is 5.26 Å². The van der Waals surface area contributed by atoms with Crippen LogP contribution in [0.4, 0.5) is 0 Å². The minimum absolute atomic E-state index is 0.0213. The Balaban J connectivity index is 2.25. The SMILES string of the molecule is Cc1ccc(C)c(C(C)C(C#N)N2CCCC2)c1. The number of aryl methyl sites for hydroxylation is 2. The van der Waals surface area contributed by atoms with E-state index in [1.165, 1.54) is 29.5 Å². The highest BCUT2D eigenvalue weighted by atomic mass is 15.2. The summed E-state index contributed by atoms with van der Waals surface area (Å²) in [6.45, 7) is 8.60. The summed E-state index contributed by atoms with van der Waals surface area (Å²) in [5.74, 6) is 0.285. The van der Waals surface area contributed by atoms with Crippen molar-refractivity contribution < 1.29 is 0 Å². The van der Waals surface area contributed by atoms with Gasteiger partial charge in [0, 0.05) is 5.92 Å². The molecule has 0 N–H and O–H groups in total. The Bertz CT molecular complexity index is 453. The molecular formula is C16H22N2. The lowest BCUT2D eigenvalue weighted by atomic mass is 9.89. The summed E-state index contributed by atoms with van der Waals surface area (Å²) in [7, 11) is 0. The van der Waals surface area contributed by atoms with E-state index >= 15 is 0 Å². The average molecular weight is 242 g/mol. The Labute approximate surface area is 110 Å². The molecule has 0 amide bonds. The number of nitrogens with zero attached hydrogens (tertiary/aromatic N) is 2. The van der Waals surface area contributed by atoms with Gasteiger partial charge in [-0.1, -0.05) is 30.7 Å². The van der Waals surface area contributed by atoms with Crippen LogP contribution in [0.5, 0.6) is 0 Å². The molecule has 2 heteroatoms. The van der Waals surface area contributed by atoms with Gasteiger partial charge in [0.05, 0.1) is 6.07 Å². The summed E-state index contributed by atoms with van der Waals surface area (Å²) in [5, 5.41) is 9.49. The molecule has 2 unspecified atom stereocenters. The Hall–Kier alpha value is -1.33. The minimum atomic E-state index is 0.0213. The molecule has 1 saturated heterocycles. The van der Waals surface area contributed by atoms with Gasteiger partial charge < -0.3 is 0 Å². The normalized spacial score (nSPS) is 19.4. The van der Waals surface area contributed by atoms with Crippen LogP contribution in [0, 0.1) is 25.2 Å². The van der Waals surface area contributed by atoms with E-state index in [-0.39, 0.29) is 12.0 Å². The fourth-order valence-corrected chi connectivity index (χ4v) is 2.95. The molecule has 18 heavy (non-hydrogen) atoms. The van der Waals surface area contributed by atoms with Crippen molar-refractivity contribution in [2.45, 2.75) is 45.6 Å². The fourth-order valence-electron chi connectivity index (χ4n) is 2.95. The summed E-state index contributed by atoms with van der Waals surface area (Å²) in [4.78, 5) is 2.34. The summed E-state index contributed by atoms with van der Waals surface area (Å²) in [6, 6.07) is 9.08. The number of likely N-dealkylation sites (tertiary alicyclic amines) is 1. The van der Waals surface area contributed by atoms with E-state index in [1.54, 1.807) is 0 Å². The summed E-state index contributed by atoms with van der Waals surface area (Å²) in [6.07, 6.45) is 2.47. The summed E-state index contributed by atoms with van der Waals surface area (Å²) in [5.41, 5.74) is 3.90. The van der Waals surface area contributed by atoms with Crippen LogP contribution in [0.25, 0.3) is 0 Å². The van der Waals surface area contributed by atoms with E-state index in [9.17, 15) is 5.26 Å². The van der Waals surface area contributed by atoms with Crippen molar-refractivity contribution in [3.63, 3.8) is 0 Å². The van der Waals surface area contributed by atoms with Crippen molar-refractivity contribution in [3.8, 4) is 6.07 Å². The van der Waals surface area contributed by atoms with Gasteiger partial charge in [-0.15, -0.1) is 0 Å². The van der Waals surface area contributed by atoms with Gasteiger partial charge in [0.1, 0.15) is 6.04 Å². The highest BCUT2D eigenvalue weighted by Gasteiger charge is 2.28. The molecule has 0 spiro atoms. The highest BCUT2D eigenvalue weighted by molar-refractivity contribution is 5.35. The third-order valence-electron chi connectivity index (χ3n) is 4.07. The second kappa shape index (κ2) is 5.54. The Morgan fingerprint density at radius 3 is 2.50 bits per heavy atom. The molecule has 0 radical (unpaired) electrons. The zero-order valence-electron chi connectivity index (χ0n) is 11.6. The summed E-state index contributed by atoms with van der Waals surface area (Å²) < 4.78 is 0. The first-order valence-corrected chi connectivity index (χ1v) is 6.84. The van der Waals surface area contributed by atoms with Crippen molar-refractivity contribution in [1.82, 2.24) is 4.90 Å². The van der Waals surface area contributed by atoms with Gasteiger partial charge in [-0.3, -0.25) is 4.90 Å². The molecule has 1 aliphatic rings. The van der Waals surface area contributed by atoms with Crippen LogP contribution >= 0.6 is 0 Å². The largest absolute Gasteiger partial charge is 0.288 e. The third-order valence-corrected chi connectivity index (χ3v) is 4.07. The Morgan fingerprint density at radius 1 is 1.22 bits per heavy atom. The van der Waals surface area contributed by atoms with Crippen LogP contribution in [0.1, 0.15) is 42.4 Å². The molecular weight excluding hydrogens is 220 g/mol. The lowest BCUT2D eigenvalue weighted by Crippen LogP contribution is -2.35. The van der Waals surface area contributed by atoms with E-state index in [0.29, 0.717) is 0 Å². The lowest BCUT2D eigenvalue weighted by Gasteiger charge is -2.28. The zero-order chi connectivity index (χ0) is 13.1. The van der Waals surface area contributed by atoms with Crippen LogP contribution in [-0.4, -0.2) is 24.0 Å². The maximum Gasteiger partial charge on any atom is 0.104 e. The standard InChI is InChI=1S/C16H22N2/c1-12-6-7-13(2)15(10-12)14(3)16(11-17)18-8-4-5-9-18/h6-7,10,14,16H,4-5,8-9H2,1-3H3. The second-order valence-corrected chi connectivity index (χ2v) is 5.47. The molecule has 2 nitrogen and oxygen atoms in total. The molecule has 1 aliphatic heterocycles. The maximum absolute atomic E-state index is 9.49. The van der Waals surface area contributed by atoms with Crippen LogP contribution in [0.15, 0.2) is 18.2 Å². The lowest BCUT2D eigenvalue weighted by molar-refractivity contribution is 0.263. The van der Waals surface area contributed by atoms with Crippen molar-refractivity contribution in [2.75, 3.05) is 13.1 Å². The van der Waals surface area contributed by atoms with E-state index in [1.807, 2.05) is 0 Å². The molecule has 1 fully saturated rings. The minimum Gasteiger partial charge on any atom is -0.288 e. The second-order valence-electron chi connectivity index (χ2n) is 5.47. The van der Waals surface area contributed by atoms with Crippen LogP contribution in [-0.2, 0) is 0 Å². The van der Waals surface area contributed by atoms with Gasteiger partial charge in [0.2, 0.25) is 0 Å². The van der Waals surface area contributed by atoms with E-state index in [2.05, 4.69) is 49.9 Å². The Morgan fingerprint density at radius 2 is 1.89 bits per heavy atom. The zero-order valence-corrected chi connectivity index (χ0v) is 11.6. The third kappa shape index (κ3) is 2.57. The monoisotopic (exact) mass is 242 g/mol. The summed E-state index contributed by atoms with van der Waals surface area (Å²) >= 11 is 0. The van der Waals surface area contributed by atoms with Gasteiger partial charge in [0.25, 0.3) is 0 Å². The molecule has 0 saturated carbocycles. The van der Waals surface area contributed by atoms with E-state index < -0.39 is 0 Å². The molecule has 96 valence electrons. The van der Waals surface area contributed by atoms with Crippen molar-refractivity contribution in [1.29, 1.82) is 5.26 Å². The number of hydrogen-bond acceptors (Lipinski definition) is 2. The van der Waals surface area contributed by atoms with Gasteiger partial charge in [0.15, 0.2) is 0 Å². The van der Waals surface area contributed by atoms with Crippen molar-refractivity contribution in [3.05, 3.63) is 34.9 Å². The van der Waals surface area contributed by atoms with Gasteiger partial charge >= 0.3 is 0 Å². The Kier molecular flexibility index (Phi) is 4.04. The van der Waals surface area contributed by atoms with Gasteiger partial charge in [-0.25, -0.2) is 0 Å². The predicted molar refractivity (Wildman–Crippen MR) is 74.5 cm³/mol. The molecule has 1 heterocycles. The smallest absolute Gasteiger partial charge is 0.104 e. The first kappa shape index (κ1) is 13.1. The van der Waals surface area contributed by atoms with E-state index in [4.69, 9.17) is 0 Å². The highest BCUT2D eigenvalue weighted by Crippen LogP contribution is 2.28.